The van der Waals surface area contributed by atoms with E-state index >= 15 is 0 Å². The number of para-hydroxylation sites is 1. The van der Waals surface area contributed by atoms with Crippen LogP contribution in [0.1, 0.15) is 30.4 Å². The number of rotatable bonds is 2. The first-order valence-corrected chi connectivity index (χ1v) is 6.25. The van der Waals surface area contributed by atoms with Gasteiger partial charge in [-0.3, -0.25) is 4.90 Å². The van der Waals surface area contributed by atoms with E-state index in [0.29, 0.717) is 5.75 Å². The molecule has 2 aliphatic rings. The quantitative estimate of drug-likeness (QED) is 0.823. The minimum absolute atomic E-state index is 0.491. The van der Waals surface area contributed by atoms with Crippen LogP contribution in [0.5, 0.6) is 5.75 Å². The zero-order chi connectivity index (χ0) is 11.1. The Morgan fingerprint density at radius 2 is 2.25 bits per heavy atom. The van der Waals surface area contributed by atoms with Gasteiger partial charge in [-0.2, -0.15) is 0 Å². The number of aromatic hydroxyl groups is 1. The molecule has 3 rings (SSSR count). The summed E-state index contributed by atoms with van der Waals surface area (Å²) < 4.78 is 0. The van der Waals surface area contributed by atoms with Crippen molar-refractivity contribution in [1.29, 1.82) is 0 Å². The van der Waals surface area contributed by atoms with Crippen LogP contribution >= 0.6 is 0 Å². The highest BCUT2D eigenvalue weighted by Gasteiger charge is 2.37. The lowest BCUT2D eigenvalue weighted by Gasteiger charge is -2.27. The Morgan fingerprint density at radius 3 is 2.94 bits per heavy atom. The molecule has 1 aliphatic heterocycles. The summed E-state index contributed by atoms with van der Waals surface area (Å²) in [6.45, 7) is 4.13. The van der Waals surface area contributed by atoms with Gasteiger partial charge in [-0.05, 0) is 37.7 Å². The summed E-state index contributed by atoms with van der Waals surface area (Å²) in [6.07, 6.45) is 4.16. The van der Waals surface area contributed by atoms with Crippen molar-refractivity contribution in [2.45, 2.75) is 38.8 Å². The Balaban J connectivity index is 1.77. The van der Waals surface area contributed by atoms with Crippen molar-refractivity contribution < 1.29 is 5.11 Å². The number of nitrogens with zero attached hydrogens (tertiary/aromatic N) is 1. The molecule has 2 heteroatoms. The SMILES string of the molecule is Cc1cccc(CN2CC3CCC2C3)c1O. The third-order valence-electron chi connectivity index (χ3n) is 4.22. The summed E-state index contributed by atoms with van der Waals surface area (Å²) in [5, 5.41) is 10.0. The molecular formula is C14H19NO. The van der Waals surface area contributed by atoms with Crippen molar-refractivity contribution in [3.63, 3.8) is 0 Å². The fourth-order valence-electron chi connectivity index (χ4n) is 3.29. The molecule has 0 spiro atoms. The second kappa shape index (κ2) is 3.77. The maximum absolute atomic E-state index is 10.0. The number of hydrogen-bond acceptors (Lipinski definition) is 2. The Morgan fingerprint density at radius 1 is 1.38 bits per heavy atom. The summed E-state index contributed by atoms with van der Waals surface area (Å²) in [4.78, 5) is 2.54. The van der Waals surface area contributed by atoms with Gasteiger partial charge in [0, 0.05) is 24.7 Å². The Labute approximate surface area is 96.9 Å². The number of benzene rings is 1. The highest BCUT2D eigenvalue weighted by Crippen LogP contribution is 2.38. The molecule has 1 aromatic carbocycles. The van der Waals surface area contributed by atoms with Crippen molar-refractivity contribution in [3.8, 4) is 5.75 Å². The van der Waals surface area contributed by atoms with E-state index in [1.165, 1.54) is 25.8 Å². The van der Waals surface area contributed by atoms with Crippen molar-refractivity contribution in [2.24, 2.45) is 5.92 Å². The average Bonchev–Trinajstić information content (AvgIpc) is 2.86. The van der Waals surface area contributed by atoms with Crippen LogP contribution in [-0.2, 0) is 6.54 Å². The predicted molar refractivity (Wildman–Crippen MR) is 64.4 cm³/mol. The van der Waals surface area contributed by atoms with E-state index in [1.807, 2.05) is 25.1 Å². The van der Waals surface area contributed by atoms with E-state index in [9.17, 15) is 5.11 Å². The van der Waals surface area contributed by atoms with E-state index in [4.69, 9.17) is 0 Å². The van der Waals surface area contributed by atoms with Gasteiger partial charge in [0.25, 0.3) is 0 Å². The molecule has 86 valence electrons. The largest absolute Gasteiger partial charge is 0.507 e. The lowest BCUT2D eigenvalue weighted by molar-refractivity contribution is 0.203. The number of piperidine rings is 1. The molecule has 0 amide bonds. The second-order valence-corrected chi connectivity index (χ2v) is 5.34. The highest BCUT2D eigenvalue weighted by molar-refractivity contribution is 5.39. The first kappa shape index (κ1) is 10.2. The maximum atomic E-state index is 10.0. The number of hydrogen-bond donors (Lipinski definition) is 1. The fourth-order valence-corrected chi connectivity index (χ4v) is 3.29. The van der Waals surface area contributed by atoms with Crippen molar-refractivity contribution in [2.75, 3.05) is 6.54 Å². The molecule has 2 unspecified atom stereocenters. The first-order chi connectivity index (χ1) is 7.74. The summed E-state index contributed by atoms with van der Waals surface area (Å²) in [5.41, 5.74) is 2.08. The van der Waals surface area contributed by atoms with Crippen LogP contribution in [0, 0.1) is 12.8 Å². The number of phenolic OH excluding ortho intramolecular Hbond substituents is 1. The first-order valence-electron chi connectivity index (χ1n) is 6.25. The molecular weight excluding hydrogens is 198 g/mol. The van der Waals surface area contributed by atoms with Crippen LogP contribution in [0.2, 0.25) is 0 Å². The van der Waals surface area contributed by atoms with Gasteiger partial charge in [-0.15, -0.1) is 0 Å². The Hall–Kier alpha value is -1.02. The van der Waals surface area contributed by atoms with E-state index < -0.39 is 0 Å². The van der Waals surface area contributed by atoms with Crippen LogP contribution < -0.4 is 0 Å². The van der Waals surface area contributed by atoms with E-state index in [2.05, 4.69) is 4.90 Å². The van der Waals surface area contributed by atoms with Gasteiger partial charge in [0.05, 0.1) is 0 Å². The zero-order valence-electron chi connectivity index (χ0n) is 9.82. The zero-order valence-corrected chi connectivity index (χ0v) is 9.82. The number of phenols is 1. The fraction of sp³-hybridized carbons (Fsp3) is 0.571. The van der Waals surface area contributed by atoms with Crippen LogP contribution in [-0.4, -0.2) is 22.6 Å². The topological polar surface area (TPSA) is 23.5 Å². The minimum Gasteiger partial charge on any atom is -0.507 e. The van der Waals surface area contributed by atoms with Crippen LogP contribution in [0.4, 0.5) is 0 Å². The van der Waals surface area contributed by atoms with Gasteiger partial charge in [-0.25, -0.2) is 0 Å². The molecule has 1 aliphatic carbocycles. The molecule has 2 nitrogen and oxygen atoms in total. The summed E-state index contributed by atoms with van der Waals surface area (Å²) in [7, 11) is 0. The Kier molecular flexibility index (Phi) is 2.40. The van der Waals surface area contributed by atoms with Crippen LogP contribution in [0.25, 0.3) is 0 Å². The van der Waals surface area contributed by atoms with Crippen LogP contribution in [0.3, 0.4) is 0 Å². The second-order valence-electron chi connectivity index (χ2n) is 5.34. The molecule has 1 saturated carbocycles. The standard InChI is InChI=1S/C14H19NO/c1-10-3-2-4-12(14(10)16)9-15-8-11-5-6-13(15)7-11/h2-4,11,13,16H,5-9H2,1H3. The van der Waals surface area contributed by atoms with Gasteiger partial charge in [-0.1, -0.05) is 18.2 Å². The smallest absolute Gasteiger partial charge is 0.122 e. The number of aryl methyl sites for hydroxylation is 1. The number of likely N-dealkylation sites (tertiary alicyclic amines) is 1. The van der Waals surface area contributed by atoms with Crippen molar-refractivity contribution in [1.82, 2.24) is 4.90 Å². The maximum Gasteiger partial charge on any atom is 0.122 e. The molecule has 16 heavy (non-hydrogen) atoms. The molecule has 1 N–H and O–H groups in total. The van der Waals surface area contributed by atoms with Gasteiger partial charge in [0.15, 0.2) is 0 Å². The molecule has 1 saturated heterocycles. The van der Waals surface area contributed by atoms with Gasteiger partial charge < -0.3 is 5.11 Å². The molecule has 1 aromatic rings. The Bertz CT molecular complexity index is 402. The summed E-state index contributed by atoms with van der Waals surface area (Å²) >= 11 is 0. The van der Waals surface area contributed by atoms with Gasteiger partial charge in [0.2, 0.25) is 0 Å². The highest BCUT2D eigenvalue weighted by atomic mass is 16.3. The molecule has 0 aromatic heterocycles. The molecule has 2 fully saturated rings. The molecule has 2 bridgehead atoms. The van der Waals surface area contributed by atoms with Crippen molar-refractivity contribution in [3.05, 3.63) is 29.3 Å². The normalized spacial score (nSPS) is 28.8. The lowest BCUT2D eigenvalue weighted by atomic mass is 10.1. The minimum atomic E-state index is 0.491. The molecule has 2 atom stereocenters. The predicted octanol–water partition coefficient (Wildman–Crippen LogP) is 2.68. The number of fused-ring (bicyclic) bond motifs is 2. The molecule has 0 radical (unpaired) electrons. The summed E-state index contributed by atoms with van der Waals surface area (Å²) in [5.74, 6) is 1.42. The monoisotopic (exact) mass is 217 g/mol. The lowest BCUT2D eigenvalue weighted by Crippen LogP contribution is -2.31. The van der Waals surface area contributed by atoms with E-state index in [1.54, 1.807) is 0 Å². The summed E-state index contributed by atoms with van der Waals surface area (Å²) in [6, 6.07) is 6.84. The third-order valence-corrected chi connectivity index (χ3v) is 4.22. The van der Waals surface area contributed by atoms with E-state index in [-0.39, 0.29) is 0 Å². The van der Waals surface area contributed by atoms with Gasteiger partial charge >= 0.3 is 0 Å². The third kappa shape index (κ3) is 1.61. The average molecular weight is 217 g/mol. The van der Waals surface area contributed by atoms with Crippen molar-refractivity contribution >= 4 is 0 Å². The molecule has 1 heterocycles. The van der Waals surface area contributed by atoms with Gasteiger partial charge in [0.1, 0.15) is 5.75 Å². The van der Waals surface area contributed by atoms with Crippen LogP contribution in [0.15, 0.2) is 18.2 Å². The van der Waals surface area contributed by atoms with E-state index in [0.717, 1.165) is 29.6 Å².